The maximum absolute atomic E-state index is 14.2. The van der Waals surface area contributed by atoms with E-state index in [1.807, 2.05) is 0 Å². The Labute approximate surface area is 215 Å². The normalized spacial score (nSPS) is 46.5. The number of Topliss-reactive ketones (excluding diaryl/α,β-unsaturated/α-hetero) is 2. The summed E-state index contributed by atoms with van der Waals surface area (Å²) in [7, 11) is 0. The zero-order valence-corrected chi connectivity index (χ0v) is 20.7. The van der Waals surface area contributed by atoms with E-state index in [1.165, 1.54) is 0 Å². The third-order valence-electron chi connectivity index (χ3n) is 10.8. The van der Waals surface area contributed by atoms with Gasteiger partial charge in [0, 0.05) is 52.4 Å². The van der Waals surface area contributed by atoms with Gasteiger partial charge in [-0.1, -0.05) is 31.9 Å². The van der Waals surface area contributed by atoms with Crippen molar-refractivity contribution in [3.8, 4) is 0 Å². The minimum atomic E-state index is -1.31. The Morgan fingerprint density at radius 3 is 2.14 bits per heavy atom. The van der Waals surface area contributed by atoms with E-state index in [0.29, 0.717) is 48.0 Å². The summed E-state index contributed by atoms with van der Waals surface area (Å²) < 4.78 is 11.7. The van der Waals surface area contributed by atoms with Crippen LogP contribution in [0.3, 0.4) is 0 Å². The summed E-state index contributed by atoms with van der Waals surface area (Å²) in [6, 6.07) is 0. The number of hydrogen-bond donors (Lipinski definition) is 1. The molecular formula is C30H30O7. The summed E-state index contributed by atoms with van der Waals surface area (Å²) in [5, 5.41) is 12.1. The minimum absolute atomic E-state index is 0.0714. The molecule has 0 aromatic rings. The highest BCUT2D eigenvalue weighted by molar-refractivity contribution is 6.18. The molecule has 0 aromatic carbocycles. The van der Waals surface area contributed by atoms with Gasteiger partial charge in [0.25, 0.3) is 0 Å². The Hall–Kier alpha value is -3.06. The minimum Gasteiger partial charge on any atom is -0.458 e. The van der Waals surface area contributed by atoms with Gasteiger partial charge >= 0.3 is 11.9 Å². The Kier molecular flexibility index (Phi) is 4.41. The lowest BCUT2D eigenvalue weighted by molar-refractivity contribution is -0.146. The molecule has 0 bridgehead atoms. The molecule has 7 heteroatoms. The molecule has 7 rings (SSSR count). The standard InChI is InChI=1S/C30H30O7/c1-12-5-6-16-13(2)28(34)37-26(16)21-18(12)11-19(31)30(21)10-9-29(35)8-7-17-14(3)27(33)36-25(17)20-15(4)24(32)23(30)22(20)29/h16-18,20-21,25-26,35H,1-11H2/t16-,17-,18-,20-,21-,25-,26-,29+,30+/m0/s1. The molecule has 3 saturated carbocycles. The van der Waals surface area contributed by atoms with Gasteiger partial charge in [-0.05, 0) is 50.0 Å². The van der Waals surface area contributed by atoms with Crippen LogP contribution in [0.25, 0.3) is 0 Å². The van der Waals surface area contributed by atoms with Crippen LogP contribution in [0.15, 0.2) is 59.8 Å². The van der Waals surface area contributed by atoms with E-state index in [4.69, 9.17) is 9.47 Å². The SMILES string of the molecule is C=C1C(=O)C2=C3[C@H]1[C@H]1OC(=O)C(=C)[C@@H]1CC[C@@]3(O)CC[C@]21C(=O)C[C@H]2C(=C)CC[C@H]3C(=C)C(=O)O[C@@H]3[C@H]21. The molecule has 192 valence electrons. The molecule has 0 unspecified atom stereocenters. The van der Waals surface area contributed by atoms with Gasteiger partial charge < -0.3 is 14.6 Å². The first kappa shape index (κ1) is 23.1. The van der Waals surface area contributed by atoms with Crippen molar-refractivity contribution in [1.82, 2.24) is 0 Å². The van der Waals surface area contributed by atoms with Crippen molar-refractivity contribution in [1.29, 1.82) is 0 Å². The highest BCUT2D eigenvalue weighted by Crippen LogP contribution is 2.68. The number of rotatable bonds is 0. The van der Waals surface area contributed by atoms with Gasteiger partial charge in [-0.2, -0.15) is 0 Å². The van der Waals surface area contributed by atoms with Gasteiger partial charge in [-0.3, -0.25) is 9.59 Å². The molecule has 2 heterocycles. The van der Waals surface area contributed by atoms with Gasteiger partial charge in [0.1, 0.15) is 18.0 Å². The van der Waals surface area contributed by atoms with Crippen LogP contribution in [-0.2, 0) is 28.7 Å². The summed E-state index contributed by atoms with van der Waals surface area (Å²) >= 11 is 0. The summed E-state index contributed by atoms with van der Waals surface area (Å²) in [5.41, 5.74) is 0.213. The fraction of sp³-hybridized carbons (Fsp3) is 0.533. The Morgan fingerprint density at radius 1 is 0.784 bits per heavy atom. The molecule has 0 radical (unpaired) electrons. The van der Waals surface area contributed by atoms with Crippen molar-refractivity contribution in [2.75, 3.05) is 0 Å². The van der Waals surface area contributed by atoms with Crippen molar-refractivity contribution in [3.05, 3.63) is 59.8 Å². The second-order valence-electron chi connectivity index (χ2n) is 12.1. The fourth-order valence-corrected chi connectivity index (χ4v) is 9.05. The molecule has 7 nitrogen and oxygen atoms in total. The van der Waals surface area contributed by atoms with Crippen LogP contribution in [-0.4, -0.2) is 46.4 Å². The Bertz CT molecular complexity index is 1330. The maximum Gasteiger partial charge on any atom is 0.334 e. The number of ether oxygens (including phenoxy) is 2. The molecule has 5 fully saturated rings. The number of ketones is 2. The predicted molar refractivity (Wildman–Crippen MR) is 131 cm³/mol. The second kappa shape index (κ2) is 7.07. The number of hydrogen-bond acceptors (Lipinski definition) is 7. The summed E-state index contributed by atoms with van der Waals surface area (Å²) in [6.07, 6.45) is 1.66. The number of allylic oxidation sites excluding steroid dienone is 2. The van der Waals surface area contributed by atoms with Gasteiger partial charge in [0.05, 0.1) is 11.0 Å². The zero-order chi connectivity index (χ0) is 26.2. The van der Waals surface area contributed by atoms with Crippen LogP contribution in [0.5, 0.6) is 0 Å². The van der Waals surface area contributed by atoms with Crippen molar-refractivity contribution in [2.24, 2.45) is 35.0 Å². The van der Waals surface area contributed by atoms with Gasteiger partial charge in [0.2, 0.25) is 0 Å². The van der Waals surface area contributed by atoms with Gasteiger partial charge in [0.15, 0.2) is 5.78 Å². The van der Waals surface area contributed by atoms with Crippen molar-refractivity contribution < 1.29 is 33.8 Å². The highest BCUT2D eigenvalue weighted by atomic mass is 16.6. The molecule has 0 aromatic heterocycles. The lowest BCUT2D eigenvalue weighted by atomic mass is 9.56. The smallest absolute Gasteiger partial charge is 0.334 e. The highest BCUT2D eigenvalue weighted by Gasteiger charge is 2.71. The first-order chi connectivity index (χ1) is 17.5. The van der Waals surface area contributed by atoms with Crippen LogP contribution in [0.2, 0.25) is 0 Å². The molecular weight excluding hydrogens is 472 g/mol. The molecule has 2 aliphatic heterocycles. The van der Waals surface area contributed by atoms with Gasteiger partial charge in [-0.25, -0.2) is 9.59 Å². The van der Waals surface area contributed by atoms with E-state index in [1.54, 1.807) is 0 Å². The molecule has 7 aliphatic rings. The predicted octanol–water partition coefficient (Wildman–Crippen LogP) is 3.09. The molecule has 5 aliphatic carbocycles. The second-order valence-corrected chi connectivity index (χ2v) is 12.1. The van der Waals surface area contributed by atoms with E-state index in [0.717, 1.165) is 5.57 Å². The molecule has 2 saturated heterocycles. The fourth-order valence-electron chi connectivity index (χ4n) is 9.05. The van der Waals surface area contributed by atoms with Crippen LogP contribution >= 0.6 is 0 Å². The number of esters is 2. The van der Waals surface area contributed by atoms with E-state index < -0.39 is 47.0 Å². The summed E-state index contributed by atoms with van der Waals surface area (Å²) in [4.78, 5) is 53.4. The lowest BCUT2D eigenvalue weighted by Crippen LogP contribution is -2.51. The van der Waals surface area contributed by atoms with Gasteiger partial charge in [-0.15, -0.1) is 0 Å². The monoisotopic (exact) mass is 502 g/mol. The number of carbonyl (C=O) groups excluding carboxylic acids is 4. The summed E-state index contributed by atoms with van der Waals surface area (Å²) in [6.45, 7) is 16.3. The molecule has 1 N–H and O–H groups in total. The number of aliphatic hydroxyl groups is 1. The van der Waals surface area contributed by atoms with Crippen LogP contribution in [0, 0.1) is 35.0 Å². The maximum atomic E-state index is 14.2. The zero-order valence-electron chi connectivity index (χ0n) is 20.7. The quantitative estimate of drug-likeness (QED) is 0.308. The summed E-state index contributed by atoms with van der Waals surface area (Å²) in [5.74, 6) is -3.33. The molecule has 9 atom stereocenters. The van der Waals surface area contributed by atoms with E-state index in [-0.39, 0.29) is 54.2 Å². The average Bonchev–Trinajstić information content (AvgIpc) is 3.44. The average molecular weight is 503 g/mol. The van der Waals surface area contributed by atoms with E-state index >= 15 is 0 Å². The van der Waals surface area contributed by atoms with Crippen LogP contribution < -0.4 is 0 Å². The van der Waals surface area contributed by atoms with E-state index in [2.05, 4.69) is 26.3 Å². The van der Waals surface area contributed by atoms with Crippen LogP contribution in [0.1, 0.15) is 44.9 Å². The molecule has 37 heavy (non-hydrogen) atoms. The molecule has 1 spiro atoms. The topological polar surface area (TPSA) is 107 Å². The van der Waals surface area contributed by atoms with E-state index in [9.17, 15) is 24.3 Å². The Balaban J connectivity index is 1.47. The first-order valence-corrected chi connectivity index (χ1v) is 13.2. The van der Waals surface area contributed by atoms with Crippen LogP contribution in [0.4, 0.5) is 0 Å². The van der Waals surface area contributed by atoms with Crippen molar-refractivity contribution >= 4 is 23.5 Å². The number of fused-ring (bicyclic) bond motifs is 7. The van der Waals surface area contributed by atoms with Crippen molar-refractivity contribution in [3.63, 3.8) is 0 Å². The number of carbonyl (C=O) groups is 4. The third kappa shape index (κ3) is 2.56. The first-order valence-electron chi connectivity index (χ1n) is 13.2. The largest absolute Gasteiger partial charge is 0.458 e. The third-order valence-corrected chi connectivity index (χ3v) is 10.8. The Morgan fingerprint density at radius 2 is 1.43 bits per heavy atom. The van der Waals surface area contributed by atoms with Crippen molar-refractivity contribution in [2.45, 2.75) is 62.8 Å². The lowest BCUT2D eigenvalue weighted by Gasteiger charge is -2.47. The molecule has 0 amide bonds.